The van der Waals surface area contributed by atoms with Gasteiger partial charge < -0.3 is 10.1 Å². The van der Waals surface area contributed by atoms with E-state index >= 15 is 0 Å². The van der Waals surface area contributed by atoms with Crippen LogP contribution in [0.4, 0.5) is 11.5 Å². The molecule has 1 aromatic carbocycles. The fourth-order valence-electron chi connectivity index (χ4n) is 1.34. The molecule has 4 nitrogen and oxygen atoms in total. The number of rotatable bonds is 3. The van der Waals surface area contributed by atoms with Crippen LogP contribution >= 0.6 is 59.4 Å². The number of ether oxygens (including phenoxy) is 1. The fourth-order valence-corrected chi connectivity index (χ4v) is 3.04. The van der Waals surface area contributed by atoms with Gasteiger partial charge >= 0.3 is 0 Å². The summed E-state index contributed by atoms with van der Waals surface area (Å²) in [6.07, 6.45) is 1.39. The summed E-state index contributed by atoms with van der Waals surface area (Å²) < 4.78 is 7.57. The SMILES string of the molecule is COc1cc(Nc2ncnc(Cl)c2Br)c(Br)cc1Br. The predicted molar refractivity (Wildman–Crippen MR) is 86.4 cm³/mol. The zero-order valence-corrected chi connectivity index (χ0v) is 15.1. The summed E-state index contributed by atoms with van der Waals surface area (Å²) in [6, 6.07) is 3.73. The second-order valence-corrected chi connectivity index (χ2v) is 6.28. The molecule has 100 valence electrons. The molecule has 0 atom stereocenters. The van der Waals surface area contributed by atoms with E-state index in [1.54, 1.807) is 7.11 Å². The van der Waals surface area contributed by atoms with Gasteiger partial charge in [0.15, 0.2) is 0 Å². The Balaban J connectivity index is 2.41. The zero-order valence-electron chi connectivity index (χ0n) is 9.55. The Morgan fingerprint density at radius 1 is 1.16 bits per heavy atom. The normalized spacial score (nSPS) is 10.4. The van der Waals surface area contributed by atoms with Crippen LogP contribution in [-0.4, -0.2) is 17.1 Å². The van der Waals surface area contributed by atoms with Crippen molar-refractivity contribution in [2.45, 2.75) is 0 Å². The molecule has 0 amide bonds. The summed E-state index contributed by atoms with van der Waals surface area (Å²) in [6.45, 7) is 0. The van der Waals surface area contributed by atoms with E-state index in [1.165, 1.54) is 6.33 Å². The second-order valence-electron chi connectivity index (χ2n) is 3.42. The van der Waals surface area contributed by atoms with Gasteiger partial charge in [0.1, 0.15) is 23.0 Å². The molecule has 0 radical (unpaired) electrons. The highest BCUT2D eigenvalue weighted by molar-refractivity contribution is 9.11. The van der Waals surface area contributed by atoms with Gasteiger partial charge in [-0.1, -0.05) is 11.6 Å². The third-order valence-electron chi connectivity index (χ3n) is 2.24. The van der Waals surface area contributed by atoms with Crippen molar-refractivity contribution in [1.29, 1.82) is 0 Å². The molecule has 0 aliphatic carbocycles. The van der Waals surface area contributed by atoms with Crippen LogP contribution in [-0.2, 0) is 0 Å². The molecule has 1 N–H and O–H groups in total. The molecule has 8 heteroatoms. The molecule has 1 heterocycles. The fraction of sp³-hybridized carbons (Fsp3) is 0.0909. The lowest BCUT2D eigenvalue weighted by Crippen LogP contribution is -1.98. The maximum atomic E-state index is 5.92. The average Bonchev–Trinajstić information content (AvgIpc) is 2.38. The van der Waals surface area contributed by atoms with Gasteiger partial charge in [0.25, 0.3) is 0 Å². The number of halogens is 4. The van der Waals surface area contributed by atoms with Gasteiger partial charge in [0.05, 0.1) is 21.7 Å². The summed E-state index contributed by atoms with van der Waals surface area (Å²) in [5.74, 6) is 1.28. The molecule has 2 rings (SSSR count). The van der Waals surface area contributed by atoms with Gasteiger partial charge in [0, 0.05) is 10.5 Å². The van der Waals surface area contributed by atoms with Crippen LogP contribution in [0, 0.1) is 0 Å². The third kappa shape index (κ3) is 3.39. The molecule has 1 aromatic heterocycles. The first-order valence-electron chi connectivity index (χ1n) is 4.99. The van der Waals surface area contributed by atoms with Crippen molar-refractivity contribution in [2.24, 2.45) is 0 Å². The summed E-state index contributed by atoms with van der Waals surface area (Å²) in [5.41, 5.74) is 0.801. The minimum Gasteiger partial charge on any atom is -0.495 e. The van der Waals surface area contributed by atoms with E-state index in [0.29, 0.717) is 21.2 Å². The van der Waals surface area contributed by atoms with Crippen LogP contribution < -0.4 is 10.1 Å². The maximum absolute atomic E-state index is 5.92. The standard InChI is InChI=1S/C11H7Br3ClN3O/c1-19-8-3-7(5(12)2-6(8)13)18-11-9(14)10(15)16-4-17-11/h2-4H,1H3,(H,16,17,18). The Bertz CT molecular complexity index is 624. The topological polar surface area (TPSA) is 47.0 Å². The van der Waals surface area contributed by atoms with Crippen LogP contribution in [0.3, 0.4) is 0 Å². The largest absolute Gasteiger partial charge is 0.495 e. The van der Waals surface area contributed by atoms with Crippen LogP contribution in [0.15, 0.2) is 31.9 Å². The van der Waals surface area contributed by atoms with Gasteiger partial charge in [-0.2, -0.15) is 0 Å². The minimum atomic E-state index is 0.345. The quantitative estimate of drug-likeness (QED) is 0.627. The Labute approximate surface area is 140 Å². The lowest BCUT2D eigenvalue weighted by molar-refractivity contribution is 0.412. The first kappa shape index (κ1) is 15.0. The van der Waals surface area contributed by atoms with Gasteiger partial charge in [-0.3, -0.25) is 0 Å². The number of aromatic nitrogens is 2. The van der Waals surface area contributed by atoms with E-state index in [-0.39, 0.29) is 0 Å². The summed E-state index contributed by atoms with van der Waals surface area (Å²) >= 11 is 16.1. The molecule has 0 aliphatic rings. The van der Waals surface area contributed by atoms with Crippen LogP contribution in [0.25, 0.3) is 0 Å². The number of anilines is 2. The van der Waals surface area contributed by atoms with E-state index in [4.69, 9.17) is 16.3 Å². The minimum absolute atomic E-state index is 0.345. The molecule has 0 saturated heterocycles. The van der Waals surface area contributed by atoms with Crippen molar-refractivity contribution >= 4 is 70.9 Å². The van der Waals surface area contributed by atoms with Crippen molar-refractivity contribution in [2.75, 3.05) is 12.4 Å². The van der Waals surface area contributed by atoms with Gasteiger partial charge in [-0.25, -0.2) is 9.97 Å². The number of nitrogens with one attached hydrogen (secondary N) is 1. The van der Waals surface area contributed by atoms with E-state index < -0.39 is 0 Å². The molecular formula is C11H7Br3ClN3O. The summed E-state index contributed by atoms with van der Waals surface area (Å²) in [5, 5.41) is 3.50. The average molecular weight is 472 g/mol. The van der Waals surface area contributed by atoms with Crippen molar-refractivity contribution in [1.82, 2.24) is 9.97 Å². The van der Waals surface area contributed by atoms with E-state index in [2.05, 4.69) is 63.1 Å². The number of nitrogens with zero attached hydrogens (tertiary/aromatic N) is 2. The van der Waals surface area contributed by atoms with E-state index in [0.717, 1.165) is 14.6 Å². The molecule has 0 fully saturated rings. The third-order valence-corrected chi connectivity index (χ3v) is 4.78. The van der Waals surface area contributed by atoms with Gasteiger partial charge in [-0.15, -0.1) is 0 Å². The Morgan fingerprint density at radius 2 is 1.89 bits per heavy atom. The molecule has 0 unspecified atom stereocenters. The second kappa shape index (κ2) is 6.39. The molecular weight excluding hydrogens is 465 g/mol. The molecule has 0 bridgehead atoms. The highest BCUT2D eigenvalue weighted by Crippen LogP contribution is 2.37. The molecule has 19 heavy (non-hydrogen) atoms. The lowest BCUT2D eigenvalue weighted by Gasteiger charge is -2.12. The molecule has 2 aromatic rings. The summed E-state index contributed by atoms with van der Waals surface area (Å²) in [7, 11) is 1.61. The Morgan fingerprint density at radius 3 is 2.58 bits per heavy atom. The smallest absolute Gasteiger partial charge is 0.149 e. The maximum Gasteiger partial charge on any atom is 0.149 e. The Kier molecular flexibility index (Phi) is 5.05. The van der Waals surface area contributed by atoms with Crippen LogP contribution in [0.2, 0.25) is 5.15 Å². The zero-order chi connectivity index (χ0) is 14.0. The first-order valence-corrected chi connectivity index (χ1v) is 7.74. The monoisotopic (exact) mass is 469 g/mol. The summed E-state index contributed by atoms with van der Waals surface area (Å²) in [4.78, 5) is 8.00. The predicted octanol–water partition coefficient (Wildman–Crippen LogP) is 5.17. The van der Waals surface area contributed by atoms with Crippen LogP contribution in [0.1, 0.15) is 0 Å². The first-order chi connectivity index (χ1) is 9.02. The molecule has 0 spiro atoms. The number of benzene rings is 1. The van der Waals surface area contributed by atoms with Crippen molar-refractivity contribution < 1.29 is 4.74 Å². The molecule has 0 aliphatic heterocycles. The van der Waals surface area contributed by atoms with Crippen molar-refractivity contribution in [3.8, 4) is 5.75 Å². The van der Waals surface area contributed by atoms with Crippen molar-refractivity contribution in [3.05, 3.63) is 37.0 Å². The number of hydrogen-bond donors (Lipinski definition) is 1. The van der Waals surface area contributed by atoms with Crippen LogP contribution in [0.5, 0.6) is 5.75 Å². The van der Waals surface area contributed by atoms with Gasteiger partial charge in [0.2, 0.25) is 0 Å². The number of hydrogen-bond acceptors (Lipinski definition) is 4. The highest BCUT2D eigenvalue weighted by atomic mass is 79.9. The van der Waals surface area contributed by atoms with E-state index in [1.807, 2.05) is 12.1 Å². The lowest BCUT2D eigenvalue weighted by atomic mass is 10.3. The van der Waals surface area contributed by atoms with Gasteiger partial charge in [-0.05, 0) is 53.9 Å². The number of methoxy groups -OCH3 is 1. The molecule has 0 saturated carbocycles. The van der Waals surface area contributed by atoms with E-state index in [9.17, 15) is 0 Å². The highest BCUT2D eigenvalue weighted by Gasteiger charge is 2.11. The Hall–Kier alpha value is -0.370. The van der Waals surface area contributed by atoms with Crippen molar-refractivity contribution in [3.63, 3.8) is 0 Å².